The van der Waals surface area contributed by atoms with Crippen LogP contribution < -0.4 is 15.1 Å². The lowest BCUT2D eigenvalue weighted by molar-refractivity contribution is -0.137. The average Bonchev–Trinajstić information content (AvgIpc) is 3.61. The topological polar surface area (TPSA) is 102 Å². The first kappa shape index (κ1) is 26.1. The van der Waals surface area contributed by atoms with Crippen LogP contribution >= 0.6 is 23.1 Å². The summed E-state index contributed by atoms with van der Waals surface area (Å²) in [5.74, 6) is -3.89. The molecule has 2 aromatic carbocycles. The molecule has 1 N–H and O–H groups in total. The molecule has 2 aromatic heterocycles. The van der Waals surface area contributed by atoms with E-state index in [-0.39, 0.29) is 12.3 Å². The third-order valence-corrected chi connectivity index (χ3v) is 9.31. The SMILES string of the molecule is O=C(Cn1c2c(sc1=O)[C@@H](c1ccco1)[C@@H]1C(=O)N(c3ccccc3C(F)(F)F)C(=O)[C@@H]1S2)Nc1ccccc1. The Labute approximate surface area is 232 Å². The molecule has 4 aromatic rings. The molecule has 0 radical (unpaired) electrons. The maximum atomic E-state index is 13.8. The summed E-state index contributed by atoms with van der Waals surface area (Å²) in [4.78, 5) is 53.8. The van der Waals surface area contributed by atoms with Gasteiger partial charge in [0.25, 0.3) is 0 Å². The van der Waals surface area contributed by atoms with Crippen molar-refractivity contribution in [3.63, 3.8) is 0 Å². The normalized spacial score (nSPS) is 20.4. The highest BCUT2D eigenvalue weighted by Gasteiger charge is 2.58. The second kappa shape index (κ2) is 9.82. The van der Waals surface area contributed by atoms with Gasteiger partial charge in [0.1, 0.15) is 17.6 Å². The standard InChI is InChI=1S/C27H18F3N3O5S2/c28-27(29,30)15-9-4-5-10-16(15)33-23(35)20-19(17-11-6-12-38-17)22-25(39-21(20)24(33)36)32(26(37)40-22)13-18(34)31-14-7-2-1-3-8-14/h1-12,19-21H,13H2,(H,31,34)/t19-,20-,21+/m0/s1. The average molecular weight is 586 g/mol. The van der Waals surface area contributed by atoms with Gasteiger partial charge in [0.05, 0.1) is 39.3 Å². The number of thioether (sulfide) groups is 1. The third kappa shape index (κ3) is 4.34. The molecule has 3 atom stereocenters. The van der Waals surface area contributed by atoms with E-state index in [9.17, 15) is 32.3 Å². The van der Waals surface area contributed by atoms with Crippen molar-refractivity contribution in [1.29, 1.82) is 0 Å². The lowest BCUT2D eigenvalue weighted by Gasteiger charge is -2.29. The molecule has 4 heterocycles. The first-order valence-corrected chi connectivity index (χ1v) is 13.7. The molecule has 0 unspecified atom stereocenters. The van der Waals surface area contributed by atoms with Crippen LogP contribution in [0.3, 0.4) is 0 Å². The number of rotatable bonds is 5. The van der Waals surface area contributed by atoms with Crippen LogP contribution in [0.2, 0.25) is 0 Å². The van der Waals surface area contributed by atoms with Crippen LogP contribution in [0.4, 0.5) is 24.5 Å². The van der Waals surface area contributed by atoms with Gasteiger partial charge in [-0.05, 0) is 36.4 Å². The van der Waals surface area contributed by atoms with Crippen molar-refractivity contribution in [2.24, 2.45) is 5.92 Å². The van der Waals surface area contributed by atoms with Crippen molar-refractivity contribution in [2.75, 3.05) is 10.2 Å². The minimum atomic E-state index is -4.80. The summed E-state index contributed by atoms with van der Waals surface area (Å²) in [5.41, 5.74) is -1.14. The highest BCUT2D eigenvalue weighted by Crippen LogP contribution is 2.54. The van der Waals surface area contributed by atoms with E-state index in [4.69, 9.17) is 4.42 Å². The van der Waals surface area contributed by atoms with Crippen molar-refractivity contribution in [3.05, 3.63) is 98.9 Å². The molecule has 6 rings (SSSR count). The predicted octanol–water partition coefficient (Wildman–Crippen LogP) is 4.96. The molecule has 40 heavy (non-hydrogen) atoms. The summed E-state index contributed by atoms with van der Waals surface area (Å²) in [5, 5.41) is 1.86. The number of halogens is 3. The van der Waals surface area contributed by atoms with Gasteiger partial charge in [-0.3, -0.25) is 23.7 Å². The fraction of sp³-hybridized carbons (Fsp3) is 0.185. The largest absolute Gasteiger partial charge is 0.469 e. The lowest BCUT2D eigenvalue weighted by atomic mass is 9.86. The summed E-state index contributed by atoms with van der Waals surface area (Å²) >= 11 is 1.72. The molecule has 1 saturated heterocycles. The van der Waals surface area contributed by atoms with E-state index < -0.39 is 57.1 Å². The van der Waals surface area contributed by atoms with Gasteiger partial charge in [0, 0.05) is 5.69 Å². The molecule has 13 heteroatoms. The Morgan fingerprint density at radius 1 is 0.950 bits per heavy atom. The molecule has 2 aliphatic heterocycles. The molecular formula is C27H18F3N3O5S2. The van der Waals surface area contributed by atoms with Gasteiger partial charge in [-0.25, -0.2) is 4.90 Å². The maximum absolute atomic E-state index is 13.8. The zero-order chi connectivity index (χ0) is 28.2. The van der Waals surface area contributed by atoms with E-state index in [1.807, 2.05) is 0 Å². The Bertz CT molecular complexity index is 1680. The van der Waals surface area contributed by atoms with Crippen LogP contribution in [0.1, 0.15) is 22.1 Å². The number of nitrogens with one attached hydrogen (secondary N) is 1. The molecule has 1 fully saturated rings. The number of fused-ring (bicyclic) bond motifs is 2. The van der Waals surface area contributed by atoms with E-state index in [1.165, 1.54) is 23.0 Å². The molecule has 8 nitrogen and oxygen atoms in total. The third-order valence-electron chi connectivity index (χ3n) is 6.71. The van der Waals surface area contributed by atoms with Crippen molar-refractivity contribution in [2.45, 2.75) is 28.9 Å². The number of nitrogens with zero attached hydrogens (tertiary/aromatic N) is 2. The second-order valence-corrected chi connectivity index (χ2v) is 11.2. The molecule has 0 saturated carbocycles. The van der Waals surface area contributed by atoms with Gasteiger partial charge in [0.15, 0.2) is 0 Å². The van der Waals surface area contributed by atoms with Crippen molar-refractivity contribution in [3.8, 4) is 0 Å². The highest BCUT2D eigenvalue weighted by molar-refractivity contribution is 8.00. The first-order chi connectivity index (χ1) is 19.1. The molecule has 204 valence electrons. The number of thiazole rings is 1. The molecule has 3 amide bonds. The van der Waals surface area contributed by atoms with Gasteiger partial charge in [-0.15, -0.1) is 0 Å². The number of imide groups is 1. The van der Waals surface area contributed by atoms with Crippen LogP contribution in [-0.4, -0.2) is 27.5 Å². The minimum Gasteiger partial charge on any atom is -0.469 e. The Balaban J connectivity index is 1.41. The molecular weight excluding hydrogens is 567 g/mol. The monoisotopic (exact) mass is 585 g/mol. The zero-order valence-corrected chi connectivity index (χ0v) is 21.9. The van der Waals surface area contributed by atoms with E-state index in [0.29, 0.717) is 20.5 Å². The van der Waals surface area contributed by atoms with E-state index >= 15 is 0 Å². The van der Waals surface area contributed by atoms with Crippen molar-refractivity contribution >= 4 is 52.2 Å². The summed E-state index contributed by atoms with van der Waals surface area (Å²) in [6, 6.07) is 16.2. The molecule has 2 aliphatic rings. The van der Waals surface area contributed by atoms with E-state index in [0.717, 1.165) is 35.2 Å². The number of alkyl halides is 3. The predicted molar refractivity (Wildman–Crippen MR) is 141 cm³/mol. The number of benzene rings is 2. The smallest absolute Gasteiger partial charge is 0.418 e. The first-order valence-electron chi connectivity index (χ1n) is 12.0. The van der Waals surface area contributed by atoms with Gasteiger partial charge in [-0.1, -0.05) is 53.4 Å². The Morgan fingerprint density at radius 3 is 2.38 bits per heavy atom. The van der Waals surface area contributed by atoms with Crippen LogP contribution in [0.5, 0.6) is 0 Å². The number of amides is 3. The van der Waals surface area contributed by atoms with Crippen molar-refractivity contribution < 1.29 is 32.0 Å². The molecule has 0 spiro atoms. The van der Waals surface area contributed by atoms with Crippen LogP contribution in [0.15, 0.2) is 87.2 Å². The molecule has 0 aliphatic carbocycles. The number of carbonyl (C=O) groups is 3. The number of carbonyl (C=O) groups excluding carboxylic acids is 3. The van der Waals surface area contributed by atoms with Gasteiger partial charge in [0.2, 0.25) is 17.7 Å². The number of hydrogen-bond acceptors (Lipinski definition) is 7. The Kier molecular flexibility index (Phi) is 6.42. The minimum absolute atomic E-state index is 0.283. The van der Waals surface area contributed by atoms with Gasteiger partial charge in [-0.2, -0.15) is 13.2 Å². The Morgan fingerprint density at radius 2 is 1.68 bits per heavy atom. The number of furan rings is 1. The quantitative estimate of drug-likeness (QED) is 0.333. The van der Waals surface area contributed by atoms with E-state index in [1.54, 1.807) is 42.5 Å². The van der Waals surface area contributed by atoms with Crippen LogP contribution in [0.25, 0.3) is 0 Å². The summed E-state index contributed by atoms with van der Waals surface area (Å²) < 4.78 is 48.3. The summed E-state index contributed by atoms with van der Waals surface area (Å²) in [7, 11) is 0. The number of para-hydroxylation sites is 2. The fourth-order valence-electron chi connectivity index (χ4n) is 5.04. The number of anilines is 2. The summed E-state index contributed by atoms with van der Waals surface area (Å²) in [6.07, 6.45) is -3.43. The van der Waals surface area contributed by atoms with Crippen LogP contribution in [0, 0.1) is 5.92 Å². The van der Waals surface area contributed by atoms with Gasteiger partial charge < -0.3 is 9.73 Å². The van der Waals surface area contributed by atoms with Crippen LogP contribution in [-0.2, 0) is 27.1 Å². The number of aromatic nitrogens is 1. The fourth-order valence-corrected chi connectivity index (χ4v) is 7.79. The Hall–Kier alpha value is -4.10. The zero-order valence-electron chi connectivity index (χ0n) is 20.3. The summed E-state index contributed by atoms with van der Waals surface area (Å²) in [6.45, 7) is -0.364. The maximum Gasteiger partial charge on any atom is 0.418 e. The molecule has 0 bridgehead atoms. The highest BCUT2D eigenvalue weighted by atomic mass is 32.2. The second-order valence-electron chi connectivity index (χ2n) is 9.12. The number of hydrogen-bond donors (Lipinski definition) is 1. The van der Waals surface area contributed by atoms with Crippen molar-refractivity contribution in [1.82, 2.24) is 4.57 Å². The lowest BCUT2D eigenvalue weighted by Crippen LogP contribution is -2.33. The van der Waals surface area contributed by atoms with Gasteiger partial charge >= 0.3 is 11.0 Å². The van der Waals surface area contributed by atoms with E-state index in [2.05, 4.69) is 5.32 Å².